The molecule has 0 aromatic heterocycles. The van der Waals surface area contributed by atoms with E-state index in [0.717, 1.165) is 11.1 Å². The zero-order valence-corrected chi connectivity index (χ0v) is 19.7. The molecule has 1 amide bonds. The molecule has 0 saturated heterocycles. The van der Waals surface area contributed by atoms with Crippen LogP contribution < -0.4 is 14.8 Å². The number of nitrogens with one attached hydrogen (secondary N) is 1. The summed E-state index contributed by atoms with van der Waals surface area (Å²) in [5.74, 6) is 0.575. The van der Waals surface area contributed by atoms with E-state index in [9.17, 15) is 10.1 Å². The molecular weight excluding hydrogens is 468 g/mol. The van der Waals surface area contributed by atoms with Gasteiger partial charge >= 0.3 is 0 Å². The van der Waals surface area contributed by atoms with Gasteiger partial charge in [-0.3, -0.25) is 4.79 Å². The number of methoxy groups -OCH3 is 1. The molecule has 0 bridgehead atoms. The van der Waals surface area contributed by atoms with Crippen LogP contribution in [-0.2, 0) is 11.4 Å². The predicted octanol–water partition coefficient (Wildman–Crippen LogP) is 6.20. The number of amides is 1. The monoisotopic (exact) mass is 490 g/mol. The lowest BCUT2D eigenvalue weighted by Crippen LogP contribution is -2.13. The molecule has 0 saturated carbocycles. The number of ether oxygens (including phenoxy) is 2. The van der Waals surface area contributed by atoms with Crippen molar-refractivity contribution < 1.29 is 14.3 Å². The Morgan fingerprint density at radius 3 is 2.47 bits per heavy atom. The molecule has 0 radical (unpaired) electrons. The van der Waals surface area contributed by atoms with Gasteiger partial charge in [-0.2, -0.15) is 5.26 Å². The molecule has 0 aliphatic rings. The molecule has 3 aromatic rings. The van der Waals surface area contributed by atoms with Crippen molar-refractivity contribution in [1.82, 2.24) is 0 Å². The molecule has 32 heavy (non-hydrogen) atoms. The Balaban J connectivity index is 1.81. The van der Waals surface area contributed by atoms with Gasteiger partial charge < -0.3 is 14.8 Å². The number of nitrogens with zero attached hydrogens (tertiary/aromatic N) is 1. The summed E-state index contributed by atoms with van der Waals surface area (Å²) >= 11 is 3.51. The number of carbonyl (C=O) groups excluding carboxylic acids is 1. The summed E-state index contributed by atoms with van der Waals surface area (Å²) < 4.78 is 12.1. The van der Waals surface area contributed by atoms with Gasteiger partial charge in [0.1, 0.15) is 18.2 Å². The number of aryl methyl sites for hydroxylation is 2. The van der Waals surface area contributed by atoms with E-state index in [2.05, 4.69) is 21.2 Å². The maximum Gasteiger partial charge on any atom is 0.266 e. The molecule has 1 N–H and O–H groups in total. The smallest absolute Gasteiger partial charge is 0.266 e. The maximum absolute atomic E-state index is 12.6. The molecule has 3 rings (SSSR count). The lowest BCUT2D eigenvalue weighted by molar-refractivity contribution is -0.112. The van der Waals surface area contributed by atoms with Gasteiger partial charge in [0.05, 0.1) is 7.11 Å². The molecule has 0 aliphatic carbocycles. The average molecular weight is 491 g/mol. The van der Waals surface area contributed by atoms with Gasteiger partial charge in [0, 0.05) is 10.2 Å². The average Bonchev–Trinajstić information content (AvgIpc) is 2.78. The van der Waals surface area contributed by atoms with Crippen LogP contribution >= 0.6 is 15.9 Å². The molecule has 3 aromatic carbocycles. The van der Waals surface area contributed by atoms with Crippen LogP contribution in [0.15, 0.2) is 70.7 Å². The fraction of sp³-hybridized carbons (Fsp3) is 0.154. The maximum atomic E-state index is 12.6. The van der Waals surface area contributed by atoms with E-state index >= 15 is 0 Å². The SMILES string of the molecule is COc1cc(/C=C(/C#N)C(=O)Nc2cccc(C)c2)c(Br)cc1OCc1ccc(C)cc1. The molecule has 0 aliphatic heterocycles. The number of nitriles is 1. The van der Waals surface area contributed by atoms with Crippen molar-refractivity contribution in [2.75, 3.05) is 12.4 Å². The van der Waals surface area contributed by atoms with Crippen LogP contribution in [0.1, 0.15) is 22.3 Å². The number of benzene rings is 3. The standard InChI is InChI=1S/C26H23BrN2O3/c1-17-7-9-19(10-8-17)16-32-25-14-23(27)20(13-24(25)31-3)12-21(15-28)26(30)29-22-6-4-5-18(2)11-22/h4-14H,16H2,1-3H3,(H,29,30)/b21-12-. The first-order chi connectivity index (χ1) is 15.4. The Labute approximate surface area is 196 Å². The van der Waals surface area contributed by atoms with Gasteiger partial charge in [0.25, 0.3) is 5.91 Å². The van der Waals surface area contributed by atoms with Crippen molar-refractivity contribution in [3.8, 4) is 17.6 Å². The number of rotatable bonds is 7. The third kappa shape index (κ3) is 5.99. The number of carbonyl (C=O) groups is 1. The van der Waals surface area contributed by atoms with E-state index in [1.807, 2.05) is 62.4 Å². The highest BCUT2D eigenvalue weighted by Crippen LogP contribution is 2.35. The Morgan fingerprint density at radius 1 is 1.06 bits per heavy atom. The Hall–Kier alpha value is -3.56. The highest BCUT2D eigenvalue weighted by Gasteiger charge is 2.14. The molecule has 162 valence electrons. The van der Waals surface area contributed by atoms with Crippen molar-refractivity contribution in [3.05, 3.63) is 93.0 Å². The summed E-state index contributed by atoms with van der Waals surface area (Å²) in [6.45, 7) is 4.36. The molecule has 0 heterocycles. The van der Waals surface area contributed by atoms with Crippen LogP contribution in [0.25, 0.3) is 6.08 Å². The van der Waals surface area contributed by atoms with Gasteiger partial charge in [-0.05, 0) is 60.9 Å². The van der Waals surface area contributed by atoms with Crippen LogP contribution in [0, 0.1) is 25.2 Å². The molecule has 0 atom stereocenters. The van der Waals surface area contributed by atoms with E-state index in [1.54, 1.807) is 25.3 Å². The van der Waals surface area contributed by atoms with E-state index in [-0.39, 0.29) is 5.57 Å². The third-order valence-corrected chi connectivity index (χ3v) is 5.43. The molecule has 6 heteroatoms. The molecule has 5 nitrogen and oxygen atoms in total. The molecule has 0 spiro atoms. The number of anilines is 1. The number of hydrogen-bond acceptors (Lipinski definition) is 4. The second-order valence-corrected chi connectivity index (χ2v) is 8.15. The third-order valence-electron chi connectivity index (χ3n) is 4.74. The van der Waals surface area contributed by atoms with Crippen LogP contribution in [-0.4, -0.2) is 13.0 Å². The van der Waals surface area contributed by atoms with Crippen LogP contribution in [0.4, 0.5) is 5.69 Å². The first kappa shape index (κ1) is 23.1. The quantitative estimate of drug-likeness (QED) is 0.316. The topological polar surface area (TPSA) is 71.3 Å². The lowest BCUT2D eigenvalue weighted by atomic mass is 10.1. The highest BCUT2D eigenvalue weighted by atomic mass is 79.9. The predicted molar refractivity (Wildman–Crippen MR) is 130 cm³/mol. The number of halogens is 1. The van der Waals surface area contributed by atoms with E-state index < -0.39 is 5.91 Å². The minimum Gasteiger partial charge on any atom is -0.493 e. The van der Waals surface area contributed by atoms with Crippen LogP contribution in [0.5, 0.6) is 11.5 Å². The van der Waals surface area contributed by atoms with Crippen LogP contribution in [0.2, 0.25) is 0 Å². The van der Waals surface area contributed by atoms with Crippen molar-refractivity contribution in [2.45, 2.75) is 20.5 Å². The van der Waals surface area contributed by atoms with Crippen molar-refractivity contribution in [2.24, 2.45) is 0 Å². The Bertz CT molecular complexity index is 1190. The van der Waals surface area contributed by atoms with Gasteiger partial charge in [0.2, 0.25) is 0 Å². The van der Waals surface area contributed by atoms with E-state index in [0.29, 0.717) is 33.8 Å². The van der Waals surface area contributed by atoms with Crippen molar-refractivity contribution in [3.63, 3.8) is 0 Å². The van der Waals surface area contributed by atoms with Crippen LogP contribution in [0.3, 0.4) is 0 Å². The van der Waals surface area contributed by atoms with E-state index in [1.165, 1.54) is 11.6 Å². The second-order valence-electron chi connectivity index (χ2n) is 7.29. The summed E-state index contributed by atoms with van der Waals surface area (Å²) in [6.07, 6.45) is 1.52. The zero-order valence-electron chi connectivity index (χ0n) is 18.1. The lowest BCUT2D eigenvalue weighted by Gasteiger charge is -2.13. The van der Waals surface area contributed by atoms with E-state index in [4.69, 9.17) is 9.47 Å². The van der Waals surface area contributed by atoms with Crippen molar-refractivity contribution >= 4 is 33.6 Å². The van der Waals surface area contributed by atoms with Gasteiger partial charge in [-0.15, -0.1) is 0 Å². The summed E-state index contributed by atoms with van der Waals surface area (Å²) in [4.78, 5) is 12.6. The Kier molecular flexibility index (Phi) is 7.69. The minimum absolute atomic E-state index is 0.0254. The summed E-state index contributed by atoms with van der Waals surface area (Å²) in [5.41, 5.74) is 4.47. The van der Waals surface area contributed by atoms with Gasteiger partial charge in [-0.25, -0.2) is 0 Å². The van der Waals surface area contributed by atoms with Gasteiger partial charge in [0.15, 0.2) is 11.5 Å². The van der Waals surface area contributed by atoms with Crippen molar-refractivity contribution in [1.29, 1.82) is 5.26 Å². The molecule has 0 fully saturated rings. The summed E-state index contributed by atoms with van der Waals surface area (Å²) in [6, 6.07) is 21.0. The first-order valence-corrected chi connectivity index (χ1v) is 10.7. The Morgan fingerprint density at radius 2 is 1.81 bits per heavy atom. The van der Waals surface area contributed by atoms with Gasteiger partial charge in [-0.1, -0.05) is 57.9 Å². The fourth-order valence-electron chi connectivity index (χ4n) is 3.00. The normalized spacial score (nSPS) is 10.9. The molecule has 0 unspecified atom stereocenters. The largest absolute Gasteiger partial charge is 0.493 e. The number of hydrogen-bond donors (Lipinski definition) is 1. The summed E-state index contributed by atoms with van der Waals surface area (Å²) in [7, 11) is 1.55. The summed E-state index contributed by atoms with van der Waals surface area (Å²) in [5, 5.41) is 12.3. The highest BCUT2D eigenvalue weighted by molar-refractivity contribution is 9.10. The first-order valence-electron chi connectivity index (χ1n) is 9.95. The zero-order chi connectivity index (χ0) is 23.1. The molecular formula is C26H23BrN2O3. The fourth-order valence-corrected chi connectivity index (χ4v) is 3.44. The minimum atomic E-state index is -0.483. The second kappa shape index (κ2) is 10.7.